The van der Waals surface area contributed by atoms with Gasteiger partial charge in [0.15, 0.2) is 0 Å². The summed E-state index contributed by atoms with van der Waals surface area (Å²) in [5.74, 6) is -1.40. The zero-order chi connectivity index (χ0) is 10.9. The first-order valence-corrected chi connectivity index (χ1v) is 4.45. The van der Waals surface area contributed by atoms with Crippen LogP contribution in [0, 0.1) is 3.57 Å². The molecule has 0 aliphatic carbocycles. The molecule has 76 valence electrons. The molecule has 0 aromatic carbocycles. The molecule has 0 atom stereocenters. The van der Waals surface area contributed by atoms with Crippen LogP contribution in [0.15, 0.2) is 10.9 Å². The van der Waals surface area contributed by atoms with Gasteiger partial charge in [-0.05, 0) is 28.7 Å². The van der Waals surface area contributed by atoms with Crippen molar-refractivity contribution in [3.8, 4) is 0 Å². The second kappa shape index (κ2) is 4.03. The molecule has 0 spiro atoms. The van der Waals surface area contributed by atoms with Crippen LogP contribution >= 0.6 is 22.6 Å². The lowest BCUT2D eigenvalue weighted by Gasteiger charge is -2.02. The molecular formula is C7H4F2INO3. The molecule has 0 fully saturated rings. The van der Waals surface area contributed by atoms with E-state index in [1.54, 1.807) is 0 Å². The maximum Gasteiger partial charge on any atom is 0.337 e. The highest BCUT2D eigenvalue weighted by molar-refractivity contribution is 14.1. The van der Waals surface area contributed by atoms with Crippen molar-refractivity contribution >= 4 is 28.6 Å². The number of aromatic nitrogens is 1. The van der Waals surface area contributed by atoms with Gasteiger partial charge in [0.2, 0.25) is 0 Å². The summed E-state index contributed by atoms with van der Waals surface area (Å²) < 4.78 is 24.2. The lowest BCUT2D eigenvalue weighted by atomic mass is 10.2. The standard InChI is InChI=1S/C7H4F2INO3/c8-5(9)3-1-2(7(13)14)4(10)6(12)11-3/h1,5H,(H,11,12)(H,13,14). The molecule has 0 bridgehead atoms. The molecule has 7 heteroatoms. The first kappa shape index (κ1) is 11.1. The van der Waals surface area contributed by atoms with E-state index in [0.717, 1.165) is 6.07 Å². The van der Waals surface area contributed by atoms with Gasteiger partial charge in [0, 0.05) is 0 Å². The zero-order valence-corrected chi connectivity index (χ0v) is 8.71. The predicted octanol–water partition coefficient (Wildman–Crippen LogP) is 1.62. The Morgan fingerprint density at radius 3 is 2.57 bits per heavy atom. The summed E-state index contributed by atoms with van der Waals surface area (Å²) >= 11 is 1.49. The summed E-state index contributed by atoms with van der Waals surface area (Å²) in [4.78, 5) is 23.5. The van der Waals surface area contributed by atoms with Crippen LogP contribution in [-0.2, 0) is 0 Å². The average molecular weight is 315 g/mol. The molecule has 0 aliphatic rings. The fourth-order valence-electron chi connectivity index (χ4n) is 0.836. The second-order valence-electron chi connectivity index (χ2n) is 2.39. The first-order valence-electron chi connectivity index (χ1n) is 3.37. The van der Waals surface area contributed by atoms with Gasteiger partial charge in [-0.15, -0.1) is 0 Å². The predicted molar refractivity (Wildman–Crippen MR) is 51.7 cm³/mol. The van der Waals surface area contributed by atoms with E-state index in [4.69, 9.17) is 5.11 Å². The number of carbonyl (C=O) groups is 1. The minimum atomic E-state index is -2.89. The zero-order valence-electron chi connectivity index (χ0n) is 6.55. The molecule has 1 heterocycles. The van der Waals surface area contributed by atoms with Crippen molar-refractivity contribution in [2.45, 2.75) is 6.43 Å². The molecule has 4 nitrogen and oxygen atoms in total. The molecule has 2 N–H and O–H groups in total. The Kier molecular flexibility index (Phi) is 3.19. The molecule has 0 aliphatic heterocycles. The normalized spacial score (nSPS) is 10.6. The summed E-state index contributed by atoms with van der Waals surface area (Å²) in [5.41, 5.74) is -1.92. The molecule has 0 unspecified atom stereocenters. The van der Waals surface area contributed by atoms with E-state index in [-0.39, 0.29) is 3.57 Å². The Bertz CT molecular complexity index is 429. The van der Waals surface area contributed by atoms with Crippen LogP contribution in [0.25, 0.3) is 0 Å². The molecule has 0 amide bonds. The molecule has 0 saturated carbocycles. The van der Waals surface area contributed by atoms with Gasteiger partial charge in [0.1, 0.15) is 0 Å². The Morgan fingerprint density at radius 1 is 1.57 bits per heavy atom. The average Bonchev–Trinajstić information content (AvgIpc) is 2.08. The monoisotopic (exact) mass is 315 g/mol. The number of nitrogens with one attached hydrogen (secondary N) is 1. The number of aromatic amines is 1. The summed E-state index contributed by atoms with van der Waals surface area (Å²) in [7, 11) is 0. The molecule has 1 rings (SSSR count). The van der Waals surface area contributed by atoms with Gasteiger partial charge in [-0.3, -0.25) is 4.79 Å². The number of pyridine rings is 1. The van der Waals surface area contributed by atoms with Gasteiger partial charge in [0.25, 0.3) is 12.0 Å². The van der Waals surface area contributed by atoms with Gasteiger partial charge in [-0.2, -0.15) is 0 Å². The van der Waals surface area contributed by atoms with Gasteiger partial charge in [-0.1, -0.05) is 0 Å². The minimum Gasteiger partial charge on any atom is -0.478 e. The van der Waals surface area contributed by atoms with Crippen molar-refractivity contribution < 1.29 is 18.7 Å². The Labute approximate surface area is 90.1 Å². The molecule has 1 aromatic rings. The fourth-order valence-corrected chi connectivity index (χ4v) is 1.36. The number of carboxylic acids is 1. The third kappa shape index (κ3) is 2.08. The van der Waals surface area contributed by atoms with Crippen LogP contribution in [0.3, 0.4) is 0 Å². The van der Waals surface area contributed by atoms with Crippen LogP contribution < -0.4 is 5.56 Å². The van der Waals surface area contributed by atoms with Crippen molar-refractivity contribution in [3.05, 3.63) is 31.2 Å². The van der Waals surface area contributed by atoms with Gasteiger partial charge >= 0.3 is 5.97 Å². The van der Waals surface area contributed by atoms with E-state index < -0.39 is 29.2 Å². The number of halogens is 3. The van der Waals surface area contributed by atoms with Crippen molar-refractivity contribution in [3.63, 3.8) is 0 Å². The third-order valence-corrected chi connectivity index (χ3v) is 2.53. The maximum atomic E-state index is 12.2. The third-order valence-electron chi connectivity index (χ3n) is 1.46. The molecule has 0 radical (unpaired) electrons. The van der Waals surface area contributed by atoms with Crippen molar-refractivity contribution in [2.75, 3.05) is 0 Å². The Morgan fingerprint density at radius 2 is 2.14 bits per heavy atom. The second-order valence-corrected chi connectivity index (χ2v) is 3.47. The maximum absolute atomic E-state index is 12.2. The molecule has 0 saturated heterocycles. The van der Waals surface area contributed by atoms with Gasteiger partial charge in [0.05, 0.1) is 14.8 Å². The van der Waals surface area contributed by atoms with Gasteiger partial charge in [-0.25, -0.2) is 13.6 Å². The van der Waals surface area contributed by atoms with Crippen LogP contribution in [-0.4, -0.2) is 16.1 Å². The van der Waals surface area contributed by atoms with Crippen LogP contribution in [0.1, 0.15) is 22.5 Å². The SMILES string of the molecule is O=C(O)c1cc(C(F)F)[nH]c(=O)c1I. The fraction of sp³-hybridized carbons (Fsp3) is 0.143. The number of hydrogen-bond donors (Lipinski definition) is 2. The van der Waals surface area contributed by atoms with Crippen molar-refractivity contribution in [2.24, 2.45) is 0 Å². The van der Waals surface area contributed by atoms with E-state index in [2.05, 4.69) is 0 Å². The topological polar surface area (TPSA) is 70.2 Å². The van der Waals surface area contributed by atoms with Crippen LogP contribution in [0.5, 0.6) is 0 Å². The van der Waals surface area contributed by atoms with E-state index in [1.807, 2.05) is 4.98 Å². The van der Waals surface area contributed by atoms with E-state index in [0.29, 0.717) is 0 Å². The highest BCUT2D eigenvalue weighted by atomic mass is 127. The van der Waals surface area contributed by atoms with E-state index >= 15 is 0 Å². The molecule has 1 aromatic heterocycles. The number of aromatic carboxylic acids is 1. The largest absolute Gasteiger partial charge is 0.478 e. The van der Waals surface area contributed by atoms with Crippen LogP contribution in [0.4, 0.5) is 8.78 Å². The van der Waals surface area contributed by atoms with E-state index in [1.165, 1.54) is 22.6 Å². The molecular weight excluding hydrogens is 311 g/mol. The number of H-pyrrole nitrogens is 1. The number of rotatable bonds is 2. The number of carboxylic acid groups (broad SMARTS) is 1. The number of alkyl halides is 2. The smallest absolute Gasteiger partial charge is 0.337 e. The summed E-state index contributed by atoms with van der Waals surface area (Å²) in [5, 5.41) is 8.59. The Hall–Kier alpha value is -0.990. The summed E-state index contributed by atoms with van der Waals surface area (Å²) in [6, 6.07) is 0.760. The highest BCUT2D eigenvalue weighted by Crippen LogP contribution is 2.17. The summed E-state index contributed by atoms with van der Waals surface area (Å²) in [6.07, 6.45) is -2.89. The first-order chi connectivity index (χ1) is 6.43. The van der Waals surface area contributed by atoms with Crippen molar-refractivity contribution in [1.29, 1.82) is 0 Å². The number of hydrogen-bond acceptors (Lipinski definition) is 2. The molecule has 14 heavy (non-hydrogen) atoms. The van der Waals surface area contributed by atoms with Gasteiger partial charge < -0.3 is 10.1 Å². The van der Waals surface area contributed by atoms with Crippen LogP contribution in [0.2, 0.25) is 0 Å². The quantitative estimate of drug-likeness (QED) is 0.815. The van der Waals surface area contributed by atoms with E-state index in [9.17, 15) is 18.4 Å². The lowest BCUT2D eigenvalue weighted by Crippen LogP contribution is -2.18. The Balaban J connectivity index is 3.43. The minimum absolute atomic E-state index is 0.112. The lowest BCUT2D eigenvalue weighted by molar-refractivity contribution is 0.0694. The summed E-state index contributed by atoms with van der Waals surface area (Å²) in [6.45, 7) is 0. The van der Waals surface area contributed by atoms with Crippen molar-refractivity contribution in [1.82, 2.24) is 4.98 Å². The highest BCUT2D eigenvalue weighted by Gasteiger charge is 2.17.